The Morgan fingerprint density at radius 3 is 2.19 bits per heavy atom. The lowest BCUT2D eigenvalue weighted by Crippen LogP contribution is -2.37. The molecule has 0 radical (unpaired) electrons. The molecule has 5 heteroatoms. The van der Waals surface area contributed by atoms with Gasteiger partial charge in [0.15, 0.2) is 0 Å². The van der Waals surface area contributed by atoms with Gasteiger partial charge in [-0.3, -0.25) is 9.59 Å². The number of aliphatic carboxylic acids is 1. The minimum absolute atomic E-state index is 0.0934. The van der Waals surface area contributed by atoms with Crippen LogP contribution < -0.4 is 5.32 Å². The number of nitrogens with zero attached hydrogens (tertiary/aromatic N) is 1. The van der Waals surface area contributed by atoms with E-state index in [0.29, 0.717) is 0 Å². The monoisotopic (exact) mass is 226 g/mol. The van der Waals surface area contributed by atoms with Crippen molar-refractivity contribution in [1.29, 1.82) is 5.26 Å². The molecule has 0 aliphatic heterocycles. The van der Waals surface area contributed by atoms with Crippen molar-refractivity contribution in [1.82, 2.24) is 5.32 Å². The SMILES string of the molecule is CC(C)(C#N)CNC(=O)CC(C)(C)C(=O)O. The summed E-state index contributed by atoms with van der Waals surface area (Å²) in [6, 6.07) is 2.05. The third-order valence-corrected chi connectivity index (χ3v) is 2.21. The lowest BCUT2D eigenvalue weighted by Gasteiger charge is -2.20. The quantitative estimate of drug-likeness (QED) is 0.735. The number of rotatable bonds is 5. The Bertz CT molecular complexity index is 327. The Labute approximate surface area is 95.4 Å². The molecule has 0 heterocycles. The van der Waals surface area contributed by atoms with Gasteiger partial charge in [0.05, 0.1) is 16.9 Å². The highest BCUT2D eigenvalue weighted by Gasteiger charge is 2.30. The van der Waals surface area contributed by atoms with E-state index in [0.717, 1.165) is 0 Å². The van der Waals surface area contributed by atoms with Crippen LogP contribution in [-0.2, 0) is 9.59 Å². The van der Waals surface area contributed by atoms with E-state index in [1.54, 1.807) is 13.8 Å². The number of nitrogens with one attached hydrogen (secondary N) is 1. The molecule has 16 heavy (non-hydrogen) atoms. The number of carbonyl (C=O) groups is 2. The summed E-state index contributed by atoms with van der Waals surface area (Å²) in [5, 5.41) is 20.1. The van der Waals surface area contributed by atoms with Gasteiger partial charge in [-0.25, -0.2) is 0 Å². The maximum Gasteiger partial charge on any atom is 0.309 e. The first kappa shape index (κ1) is 14.4. The van der Waals surface area contributed by atoms with E-state index >= 15 is 0 Å². The van der Waals surface area contributed by atoms with Crippen molar-refractivity contribution in [3.05, 3.63) is 0 Å². The summed E-state index contributed by atoms with van der Waals surface area (Å²) in [5.74, 6) is -1.36. The lowest BCUT2D eigenvalue weighted by molar-refractivity contribution is -0.149. The van der Waals surface area contributed by atoms with Gasteiger partial charge >= 0.3 is 5.97 Å². The lowest BCUT2D eigenvalue weighted by atomic mass is 9.89. The van der Waals surface area contributed by atoms with Crippen LogP contribution in [0.15, 0.2) is 0 Å². The van der Waals surface area contributed by atoms with E-state index < -0.39 is 16.8 Å². The second-order valence-corrected chi connectivity index (χ2v) is 5.14. The van der Waals surface area contributed by atoms with Crippen LogP contribution in [0.3, 0.4) is 0 Å². The minimum Gasteiger partial charge on any atom is -0.481 e. The predicted octanol–water partition coefficient (Wildman–Crippen LogP) is 1.15. The Kier molecular flexibility index (Phi) is 4.48. The standard InChI is InChI=1S/C11H18N2O3/c1-10(2,6-12)7-13-8(14)5-11(3,4)9(15)16/h5,7H2,1-4H3,(H,13,14)(H,15,16). The van der Waals surface area contributed by atoms with Crippen molar-refractivity contribution >= 4 is 11.9 Å². The molecule has 0 aliphatic carbocycles. The summed E-state index contributed by atoms with van der Waals surface area (Å²) in [6.07, 6.45) is -0.0934. The van der Waals surface area contributed by atoms with Crippen LogP contribution in [0.5, 0.6) is 0 Å². The number of nitriles is 1. The van der Waals surface area contributed by atoms with Crippen LogP contribution in [-0.4, -0.2) is 23.5 Å². The largest absolute Gasteiger partial charge is 0.481 e. The average Bonchev–Trinajstić information content (AvgIpc) is 2.14. The fraction of sp³-hybridized carbons (Fsp3) is 0.727. The molecule has 0 aliphatic rings. The highest BCUT2D eigenvalue weighted by atomic mass is 16.4. The second-order valence-electron chi connectivity index (χ2n) is 5.14. The fourth-order valence-electron chi connectivity index (χ4n) is 0.899. The number of hydrogen-bond acceptors (Lipinski definition) is 3. The molecule has 0 atom stereocenters. The highest BCUT2D eigenvalue weighted by molar-refractivity contribution is 5.84. The van der Waals surface area contributed by atoms with E-state index in [1.807, 2.05) is 0 Å². The van der Waals surface area contributed by atoms with Gasteiger partial charge in [0.25, 0.3) is 0 Å². The summed E-state index contributed by atoms with van der Waals surface area (Å²) < 4.78 is 0. The first-order valence-electron chi connectivity index (χ1n) is 5.02. The van der Waals surface area contributed by atoms with Gasteiger partial charge in [-0.1, -0.05) is 0 Å². The summed E-state index contributed by atoms with van der Waals surface area (Å²) >= 11 is 0. The van der Waals surface area contributed by atoms with Crippen LogP contribution in [0.1, 0.15) is 34.1 Å². The van der Waals surface area contributed by atoms with Crippen LogP contribution in [0.25, 0.3) is 0 Å². The molecule has 5 nitrogen and oxygen atoms in total. The number of amides is 1. The molecule has 2 N–H and O–H groups in total. The first-order valence-corrected chi connectivity index (χ1v) is 5.02. The Hall–Kier alpha value is -1.57. The van der Waals surface area contributed by atoms with Crippen molar-refractivity contribution in [2.24, 2.45) is 10.8 Å². The molecule has 0 aromatic carbocycles. The average molecular weight is 226 g/mol. The molecule has 0 unspecified atom stereocenters. The summed E-state index contributed by atoms with van der Waals surface area (Å²) in [6.45, 7) is 6.61. The van der Waals surface area contributed by atoms with Gasteiger partial charge in [0, 0.05) is 13.0 Å². The van der Waals surface area contributed by atoms with Gasteiger partial charge in [-0.2, -0.15) is 5.26 Å². The van der Waals surface area contributed by atoms with Crippen LogP contribution >= 0.6 is 0 Å². The number of carboxylic acids is 1. The van der Waals surface area contributed by atoms with Crippen molar-refractivity contribution in [2.75, 3.05) is 6.54 Å². The van der Waals surface area contributed by atoms with Gasteiger partial charge in [-0.05, 0) is 27.7 Å². The van der Waals surface area contributed by atoms with Gasteiger partial charge in [0.2, 0.25) is 5.91 Å². The van der Waals surface area contributed by atoms with Crippen LogP contribution in [0, 0.1) is 22.2 Å². The summed E-state index contributed by atoms with van der Waals surface area (Å²) in [7, 11) is 0. The molecule has 0 rings (SSSR count). The molecular weight excluding hydrogens is 208 g/mol. The topological polar surface area (TPSA) is 90.2 Å². The van der Waals surface area contributed by atoms with Gasteiger partial charge in [0.1, 0.15) is 0 Å². The minimum atomic E-state index is -1.08. The van der Waals surface area contributed by atoms with Crippen LogP contribution in [0.4, 0.5) is 0 Å². The molecule has 0 fully saturated rings. The Morgan fingerprint density at radius 1 is 1.31 bits per heavy atom. The van der Waals surface area contributed by atoms with Gasteiger partial charge < -0.3 is 10.4 Å². The van der Waals surface area contributed by atoms with E-state index in [2.05, 4.69) is 11.4 Å². The molecule has 0 spiro atoms. The Balaban J connectivity index is 4.23. The molecule has 0 aromatic heterocycles. The third kappa shape index (κ3) is 4.78. The van der Waals surface area contributed by atoms with Crippen molar-refractivity contribution in [3.8, 4) is 6.07 Å². The second kappa shape index (κ2) is 4.97. The van der Waals surface area contributed by atoms with Crippen LogP contribution in [0.2, 0.25) is 0 Å². The molecule has 1 amide bonds. The predicted molar refractivity (Wildman–Crippen MR) is 58.4 cm³/mol. The molecule has 0 bridgehead atoms. The van der Waals surface area contributed by atoms with E-state index in [4.69, 9.17) is 10.4 Å². The first-order chi connectivity index (χ1) is 7.10. The van der Waals surface area contributed by atoms with Gasteiger partial charge in [-0.15, -0.1) is 0 Å². The molecule has 90 valence electrons. The number of carbonyl (C=O) groups excluding carboxylic acids is 1. The number of hydrogen-bond donors (Lipinski definition) is 2. The highest BCUT2D eigenvalue weighted by Crippen LogP contribution is 2.20. The van der Waals surface area contributed by atoms with Crippen molar-refractivity contribution < 1.29 is 14.7 Å². The zero-order chi connectivity index (χ0) is 13.0. The molecule has 0 aromatic rings. The zero-order valence-corrected chi connectivity index (χ0v) is 10.1. The van der Waals surface area contributed by atoms with Crippen molar-refractivity contribution in [3.63, 3.8) is 0 Å². The van der Waals surface area contributed by atoms with E-state index in [1.165, 1.54) is 13.8 Å². The summed E-state index contributed by atoms with van der Waals surface area (Å²) in [4.78, 5) is 22.2. The molecular formula is C11H18N2O3. The summed E-state index contributed by atoms with van der Waals surface area (Å²) in [5.41, 5.74) is -1.72. The zero-order valence-electron chi connectivity index (χ0n) is 10.1. The van der Waals surface area contributed by atoms with E-state index in [9.17, 15) is 9.59 Å². The molecule has 0 saturated carbocycles. The fourth-order valence-corrected chi connectivity index (χ4v) is 0.899. The maximum absolute atomic E-state index is 11.4. The molecule has 0 saturated heterocycles. The normalized spacial score (nSPS) is 11.7. The van der Waals surface area contributed by atoms with Crippen molar-refractivity contribution in [2.45, 2.75) is 34.1 Å². The van der Waals surface area contributed by atoms with E-state index in [-0.39, 0.29) is 18.9 Å². The maximum atomic E-state index is 11.4. The Morgan fingerprint density at radius 2 is 1.81 bits per heavy atom. The third-order valence-electron chi connectivity index (χ3n) is 2.21. The number of carboxylic acid groups (broad SMARTS) is 1. The smallest absolute Gasteiger partial charge is 0.309 e.